The molecule has 0 unspecified atom stereocenters. The molecule has 0 saturated heterocycles. The molecule has 192 valence electrons. The van der Waals surface area contributed by atoms with E-state index in [0.717, 1.165) is 14.7 Å². The molecule has 0 spiro atoms. The van der Waals surface area contributed by atoms with Crippen LogP contribution >= 0.6 is 35.3 Å². The highest BCUT2D eigenvalue weighted by atomic mass is 32.2. The van der Waals surface area contributed by atoms with Crippen LogP contribution in [0.2, 0.25) is 0 Å². The molecular weight excluding hydrogens is 565 g/mol. The Labute approximate surface area is 230 Å². The van der Waals surface area contributed by atoms with E-state index >= 15 is 0 Å². The number of rotatable bonds is 8. The minimum absolute atomic E-state index is 0.0979. The van der Waals surface area contributed by atoms with Gasteiger partial charge in [0.15, 0.2) is 0 Å². The van der Waals surface area contributed by atoms with E-state index in [0.29, 0.717) is 21.6 Å². The van der Waals surface area contributed by atoms with Gasteiger partial charge in [-0.3, -0.25) is 4.55 Å². The van der Waals surface area contributed by atoms with Crippen molar-refractivity contribution in [3.63, 3.8) is 0 Å². The molecule has 0 aliphatic rings. The van der Waals surface area contributed by atoms with E-state index in [9.17, 15) is 21.4 Å². The zero-order chi connectivity index (χ0) is 26.8. The monoisotopic (exact) mass is 588 g/mol. The van der Waals surface area contributed by atoms with Gasteiger partial charge in [-0.2, -0.15) is 8.42 Å². The van der Waals surface area contributed by atoms with E-state index in [1.807, 2.05) is 48.9 Å². The minimum atomic E-state index is -4.41. The molecule has 0 aromatic heterocycles. The van der Waals surface area contributed by atoms with Crippen LogP contribution in [0.25, 0.3) is 11.1 Å². The summed E-state index contributed by atoms with van der Waals surface area (Å²) in [6, 6.07) is 24.5. The van der Waals surface area contributed by atoms with Gasteiger partial charge in [0.2, 0.25) is 9.84 Å². The zero-order valence-electron chi connectivity index (χ0n) is 20.2. The standard InChI is InChI=1S/C27H24O5S5/c1-18-7-8-20(16-26(18)37(30,31)32)19-5-4-6-24(15-19)36(28,29)27-17-23(13-14-25(27)34-3)35-22-11-9-21(33-2)10-12-22/h4-17H,1-3H3,(H,30,31,32). The molecule has 0 fully saturated rings. The molecule has 0 heterocycles. The fraction of sp³-hybridized carbons (Fsp3) is 0.111. The Morgan fingerprint density at radius 2 is 1.30 bits per heavy atom. The summed E-state index contributed by atoms with van der Waals surface area (Å²) in [6.07, 6.45) is 3.85. The first kappa shape index (κ1) is 27.8. The van der Waals surface area contributed by atoms with Gasteiger partial charge in [0.05, 0.1) is 14.7 Å². The molecule has 0 aliphatic heterocycles. The van der Waals surface area contributed by atoms with Gasteiger partial charge in [-0.1, -0.05) is 36.0 Å². The Balaban J connectivity index is 1.74. The highest BCUT2D eigenvalue weighted by molar-refractivity contribution is 8.00. The third kappa shape index (κ3) is 6.27. The van der Waals surface area contributed by atoms with Crippen LogP contribution in [0, 0.1) is 6.92 Å². The van der Waals surface area contributed by atoms with Gasteiger partial charge in [-0.15, -0.1) is 23.5 Å². The SMILES string of the molecule is CSc1ccc(Sc2ccc(SC)c(S(=O)(=O)c3cccc(-c4ccc(C)c(S(=O)(=O)O)c4)c3)c2)cc1. The maximum Gasteiger partial charge on any atom is 0.294 e. The van der Waals surface area contributed by atoms with Crippen molar-refractivity contribution < 1.29 is 21.4 Å². The lowest BCUT2D eigenvalue weighted by atomic mass is 10.0. The number of hydrogen-bond acceptors (Lipinski definition) is 7. The van der Waals surface area contributed by atoms with E-state index in [-0.39, 0.29) is 14.7 Å². The molecule has 0 bridgehead atoms. The maximum atomic E-state index is 13.8. The van der Waals surface area contributed by atoms with Crippen molar-refractivity contribution in [2.45, 2.75) is 41.2 Å². The normalized spacial score (nSPS) is 12.0. The molecule has 0 saturated carbocycles. The molecule has 0 aliphatic carbocycles. The van der Waals surface area contributed by atoms with Gasteiger partial charge in [-0.05, 0) is 96.8 Å². The summed E-state index contributed by atoms with van der Waals surface area (Å²) in [5.41, 5.74) is 1.41. The summed E-state index contributed by atoms with van der Waals surface area (Å²) in [6.45, 7) is 1.58. The molecule has 0 radical (unpaired) electrons. The zero-order valence-corrected chi connectivity index (χ0v) is 24.3. The molecule has 4 aromatic rings. The average Bonchev–Trinajstić information content (AvgIpc) is 2.89. The number of benzene rings is 4. The van der Waals surface area contributed by atoms with Gasteiger partial charge in [-0.25, -0.2) is 8.42 Å². The number of hydrogen-bond donors (Lipinski definition) is 1. The van der Waals surface area contributed by atoms with Crippen molar-refractivity contribution in [3.8, 4) is 11.1 Å². The second-order valence-corrected chi connectivity index (χ2v) is 14.3. The minimum Gasteiger partial charge on any atom is -0.282 e. The largest absolute Gasteiger partial charge is 0.294 e. The topological polar surface area (TPSA) is 88.5 Å². The molecule has 5 nitrogen and oxygen atoms in total. The Hall–Kier alpha value is -2.21. The van der Waals surface area contributed by atoms with Gasteiger partial charge in [0, 0.05) is 19.6 Å². The number of thioether (sulfide) groups is 2. The second kappa shape index (κ2) is 11.3. The maximum absolute atomic E-state index is 13.8. The van der Waals surface area contributed by atoms with Crippen LogP contribution in [0.4, 0.5) is 0 Å². The highest BCUT2D eigenvalue weighted by Crippen LogP contribution is 2.37. The summed E-state index contributed by atoms with van der Waals surface area (Å²) >= 11 is 4.51. The number of aryl methyl sites for hydroxylation is 1. The Morgan fingerprint density at radius 1 is 0.649 bits per heavy atom. The summed E-state index contributed by atoms with van der Waals surface area (Å²) in [4.78, 5) is 3.71. The van der Waals surface area contributed by atoms with Crippen molar-refractivity contribution in [2.75, 3.05) is 12.5 Å². The van der Waals surface area contributed by atoms with E-state index in [4.69, 9.17) is 0 Å². The summed E-state index contributed by atoms with van der Waals surface area (Å²) in [5.74, 6) is 0. The quantitative estimate of drug-likeness (QED) is 0.169. The first-order chi connectivity index (χ1) is 17.5. The van der Waals surface area contributed by atoms with E-state index in [2.05, 4.69) is 0 Å². The van der Waals surface area contributed by atoms with Crippen LogP contribution in [0.5, 0.6) is 0 Å². The van der Waals surface area contributed by atoms with Crippen LogP contribution in [0.1, 0.15) is 5.56 Å². The lowest BCUT2D eigenvalue weighted by molar-refractivity contribution is 0.482. The van der Waals surface area contributed by atoms with Gasteiger partial charge >= 0.3 is 0 Å². The Bertz CT molecular complexity index is 1660. The molecular formula is C27H24O5S5. The van der Waals surface area contributed by atoms with Crippen LogP contribution in [-0.4, -0.2) is 33.9 Å². The van der Waals surface area contributed by atoms with E-state index < -0.39 is 20.0 Å². The fourth-order valence-electron chi connectivity index (χ4n) is 3.74. The van der Waals surface area contributed by atoms with E-state index in [1.54, 1.807) is 49.0 Å². The van der Waals surface area contributed by atoms with Gasteiger partial charge in [0.1, 0.15) is 0 Å². The summed E-state index contributed by atoms with van der Waals surface area (Å²) in [5, 5.41) is 0. The Kier molecular flexibility index (Phi) is 8.47. The first-order valence-corrected chi connectivity index (χ1v) is 17.2. The molecule has 1 N–H and O–H groups in total. The predicted molar refractivity (Wildman–Crippen MR) is 152 cm³/mol. The third-order valence-electron chi connectivity index (χ3n) is 5.66. The summed E-state index contributed by atoms with van der Waals surface area (Å²) in [7, 11) is -8.30. The van der Waals surface area contributed by atoms with Crippen molar-refractivity contribution in [2.24, 2.45) is 0 Å². The molecule has 0 atom stereocenters. The molecule has 37 heavy (non-hydrogen) atoms. The number of sulfone groups is 1. The lowest BCUT2D eigenvalue weighted by Crippen LogP contribution is -2.04. The molecule has 0 amide bonds. The Morgan fingerprint density at radius 3 is 1.95 bits per heavy atom. The second-order valence-electron chi connectivity index (χ2n) is 8.08. The lowest BCUT2D eigenvalue weighted by Gasteiger charge is -2.13. The summed E-state index contributed by atoms with van der Waals surface area (Å²) < 4.78 is 60.7. The van der Waals surface area contributed by atoms with Gasteiger partial charge < -0.3 is 0 Å². The smallest absolute Gasteiger partial charge is 0.282 e. The van der Waals surface area contributed by atoms with Gasteiger partial charge in [0.25, 0.3) is 10.1 Å². The van der Waals surface area contributed by atoms with Crippen LogP contribution in [0.3, 0.4) is 0 Å². The average molecular weight is 589 g/mol. The van der Waals surface area contributed by atoms with Crippen LogP contribution in [-0.2, 0) is 20.0 Å². The first-order valence-electron chi connectivity index (χ1n) is 11.0. The highest BCUT2D eigenvalue weighted by Gasteiger charge is 2.23. The van der Waals surface area contributed by atoms with Crippen molar-refractivity contribution >= 4 is 55.2 Å². The molecule has 4 rings (SSSR count). The predicted octanol–water partition coefficient (Wildman–Crippen LogP) is 7.34. The van der Waals surface area contributed by atoms with Crippen LogP contribution in [0.15, 0.2) is 119 Å². The van der Waals surface area contributed by atoms with Crippen molar-refractivity contribution in [1.29, 1.82) is 0 Å². The van der Waals surface area contributed by atoms with Crippen molar-refractivity contribution in [3.05, 3.63) is 90.5 Å². The van der Waals surface area contributed by atoms with Crippen molar-refractivity contribution in [1.82, 2.24) is 0 Å². The van der Waals surface area contributed by atoms with Crippen LogP contribution < -0.4 is 0 Å². The van der Waals surface area contributed by atoms with E-state index in [1.165, 1.54) is 41.7 Å². The fourth-order valence-corrected chi connectivity index (χ4v) is 8.28. The molecule has 4 aromatic carbocycles. The third-order valence-corrected chi connectivity index (χ3v) is 11.1. The molecule has 10 heteroatoms.